The molecule has 20 heavy (non-hydrogen) atoms. The molecule has 6 nitrogen and oxygen atoms in total. The smallest absolute Gasteiger partial charge is 0.340 e. The molecule has 0 radical (unpaired) electrons. The van der Waals surface area contributed by atoms with E-state index < -0.39 is 23.9 Å². The standard InChI is InChI=1S/C13H14ClNO5/c1-3-20-13(18)10(12(17)19-2)15-11(16)8-4-6-9(14)7-5-8/h4-7,10H,3H2,1-2H3,(H,15,16). The third-order valence-electron chi connectivity index (χ3n) is 2.34. The number of nitrogens with one attached hydrogen (secondary N) is 1. The van der Waals surface area contributed by atoms with Crippen molar-refractivity contribution >= 4 is 29.4 Å². The van der Waals surface area contributed by atoms with Crippen molar-refractivity contribution in [1.82, 2.24) is 5.32 Å². The van der Waals surface area contributed by atoms with Crippen molar-refractivity contribution in [1.29, 1.82) is 0 Å². The molecule has 0 spiro atoms. The maximum atomic E-state index is 11.9. The lowest BCUT2D eigenvalue weighted by Gasteiger charge is -2.15. The van der Waals surface area contributed by atoms with E-state index in [9.17, 15) is 14.4 Å². The second kappa shape index (κ2) is 7.49. The molecule has 1 unspecified atom stereocenters. The van der Waals surface area contributed by atoms with Gasteiger partial charge in [-0.15, -0.1) is 0 Å². The minimum Gasteiger partial charge on any atom is -0.467 e. The molecule has 1 amide bonds. The molecule has 0 aliphatic carbocycles. The molecule has 7 heteroatoms. The summed E-state index contributed by atoms with van der Waals surface area (Å²) in [6.45, 7) is 1.68. The van der Waals surface area contributed by atoms with Crippen molar-refractivity contribution in [2.75, 3.05) is 13.7 Å². The first-order valence-corrected chi connectivity index (χ1v) is 6.18. The van der Waals surface area contributed by atoms with Crippen LogP contribution in [0, 0.1) is 0 Å². The summed E-state index contributed by atoms with van der Waals surface area (Å²) in [6.07, 6.45) is 0. The van der Waals surface area contributed by atoms with E-state index in [1.807, 2.05) is 0 Å². The lowest BCUT2D eigenvalue weighted by Crippen LogP contribution is -2.48. The maximum Gasteiger partial charge on any atom is 0.340 e. The van der Waals surface area contributed by atoms with Crippen LogP contribution in [0.15, 0.2) is 24.3 Å². The zero-order valence-electron chi connectivity index (χ0n) is 11.0. The third-order valence-corrected chi connectivity index (χ3v) is 2.59. The first-order valence-electron chi connectivity index (χ1n) is 5.80. The summed E-state index contributed by atoms with van der Waals surface area (Å²) in [4.78, 5) is 35.0. The Morgan fingerprint density at radius 3 is 2.30 bits per heavy atom. The van der Waals surface area contributed by atoms with Crippen molar-refractivity contribution in [2.24, 2.45) is 0 Å². The number of carbonyl (C=O) groups excluding carboxylic acids is 3. The average molecular weight is 300 g/mol. The van der Waals surface area contributed by atoms with Crippen molar-refractivity contribution in [3.63, 3.8) is 0 Å². The number of halogens is 1. The van der Waals surface area contributed by atoms with Crippen LogP contribution >= 0.6 is 11.6 Å². The molecule has 1 rings (SSSR count). The summed E-state index contributed by atoms with van der Waals surface area (Å²) >= 11 is 5.71. The van der Waals surface area contributed by atoms with Gasteiger partial charge in [0, 0.05) is 10.6 Å². The van der Waals surface area contributed by atoms with Gasteiger partial charge in [0.1, 0.15) is 0 Å². The van der Waals surface area contributed by atoms with E-state index in [2.05, 4.69) is 10.1 Å². The van der Waals surface area contributed by atoms with E-state index in [-0.39, 0.29) is 12.2 Å². The zero-order chi connectivity index (χ0) is 15.1. The van der Waals surface area contributed by atoms with E-state index in [1.165, 1.54) is 24.3 Å². The van der Waals surface area contributed by atoms with Gasteiger partial charge >= 0.3 is 11.9 Å². The Hall–Kier alpha value is -2.08. The van der Waals surface area contributed by atoms with Crippen LogP contribution < -0.4 is 5.32 Å². The van der Waals surface area contributed by atoms with Crippen molar-refractivity contribution < 1.29 is 23.9 Å². The fraction of sp³-hybridized carbons (Fsp3) is 0.308. The number of carbonyl (C=O) groups is 3. The molecule has 1 aromatic carbocycles. The Labute approximate surface area is 121 Å². The first-order chi connectivity index (χ1) is 9.49. The first kappa shape index (κ1) is 16.0. The quantitative estimate of drug-likeness (QED) is 0.652. The molecule has 0 fully saturated rings. The summed E-state index contributed by atoms with van der Waals surface area (Å²) in [7, 11) is 1.11. The van der Waals surface area contributed by atoms with Crippen LogP contribution in [0.4, 0.5) is 0 Å². The molecule has 0 bridgehead atoms. The topological polar surface area (TPSA) is 81.7 Å². The zero-order valence-corrected chi connectivity index (χ0v) is 11.8. The van der Waals surface area contributed by atoms with E-state index in [0.717, 1.165) is 7.11 Å². The van der Waals surface area contributed by atoms with Gasteiger partial charge in [0.15, 0.2) is 0 Å². The Balaban J connectivity index is 2.83. The van der Waals surface area contributed by atoms with Crippen LogP contribution in [0.1, 0.15) is 17.3 Å². The van der Waals surface area contributed by atoms with Gasteiger partial charge in [-0.3, -0.25) is 4.79 Å². The molecular weight excluding hydrogens is 286 g/mol. The second-order valence-corrected chi connectivity index (χ2v) is 4.13. The van der Waals surface area contributed by atoms with E-state index in [1.54, 1.807) is 6.92 Å². The largest absolute Gasteiger partial charge is 0.467 e. The highest BCUT2D eigenvalue weighted by atomic mass is 35.5. The van der Waals surface area contributed by atoms with Crippen molar-refractivity contribution in [3.8, 4) is 0 Å². The predicted molar refractivity (Wildman–Crippen MR) is 71.4 cm³/mol. The Morgan fingerprint density at radius 2 is 1.80 bits per heavy atom. The highest BCUT2D eigenvalue weighted by Crippen LogP contribution is 2.09. The highest BCUT2D eigenvalue weighted by molar-refractivity contribution is 6.30. The van der Waals surface area contributed by atoms with E-state index in [4.69, 9.17) is 16.3 Å². The Morgan fingerprint density at radius 1 is 1.20 bits per heavy atom. The number of benzene rings is 1. The van der Waals surface area contributed by atoms with Crippen LogP contribution in [-0.4, -0.2) is 37.6 Å². The van der Waals surface area contributed by atoms with Gasteiger partial charge in [-0.05, 0) is 31.2 Å². The summed E-state index contributed by atoms with van der Waals surface area (Å²) in [5, 5.41) is 2.73. The van der Waals surface area contributed by atoms with Crippen LogP contribution in [0.2, 0.25) is 5.02 Å². The molecule has 0 aliphatic rings. The Kier molecular flexibility index (Phi) is 5.99. The molecular formula is C13H14ClNO5. The number of amides is 1. The summed E-state index contributed by atoms with van der Waals surface area (Å²) in [5.41, 5.74) is 0.257. The number of rotatable bonds is 5. The van der Waals surface area contributed by atoms with Crippen LogP contribution in [0.25, 0.3) is 0 Å². The minimum atomic E-state index is -1.50. The average Bonchev–Trinajstić information content (AvgIpc) is 2.44. The van der Waals surface area contributed by atoms with Gasteiger partial charge < -0.3 is 14.8 Å². The normalized spacial score (nSPS) is 11.3. The van der Waals surface area contributed by atoms with Gasteiger partial charge in [0.25, 0.3) is 5.91 Å². The van der Waals surface area contributed by atoms with Crippen LogP contribution in [-0.2, 0) is 19.1 Å². The molecule has 1 aromatic rings. The number of esters is 2. The summed E-state index contributed by atoms with van der Waals surface area (Å²) in [5.74, 6) is -2.38. The fourth-order valence-electron chi connectivity index (χ4n) is 1.37. The number of ether oxygens (including phenoxy) is 2. The molecule has 0 aliphatic heterocycles. The van der Waals surface area contributed by atoms with E-state index >= 15 is 0 Å². The molecule has 0 aromatic heterocycles. The molecule has 1 atom stereocenters. The summed E-state index contributed by atoms with van der Waals surface area (Å²) < 4.78 is 9.17. The number of hydrogen-bond donors (Lipinski definition) is 1. The number of methoxy groups -OCH3 is 1. The van der Waals surface area contributed by atoms with Crippen LogP contribution in [0.3, 0.4) is 0 Å². The molecule has 0 heterocycles. The molecule has 0 saturated carbocycles. The monoisotopic (exact) mass is 299 g/mol. The highest BCUT2D eigenvalue weighted by Gasteiger charge is 2.31. The predicted octanol–water partition coefficient (Wildman–Crippen LogP) is 1.17. The Bertz CT molecular complexity index is 500. The van der Waals surface area contributed by atoms with Gasteiger partial charge in [-0.1, -0.05) is 11.6 Å². The summed E-state index contributed by atoms with van der Waals surface area (Å²) in [6, 6.07) is 4.49. The SMILES string of the molecule is CCOC(=O)C(NC(=O)c1ccc(Cl)cc1)C(=O)OC. The van der Waals surface area contributed by atoms with Gasteiger partial charge in [0.2, 0.25) is 6.04 Å². The molecule has 1 N–H and O–H groups in total. The van der Waals surface area contributed by atoms with Gasteiger partial charge in [-0.25, -0.2) is 9.59 Å². The van der Waals surface area contributed by atoms with E-state index in [0.29, 0.717) is 5.02 Å². The molecule has 0 saturated heterocycles. The van der Waals surface area contributed by atoms with Gasteiger partial charge in [-0.2, -0.15) is 0 Å². The molecule has 108 valence electrons. The van der Waals surface area contributed by atoms with Crippen molar-refractivity contribution in [2.45, 2.75) is 13.0 Å². The lowest BCUT2D eigenvalue weighted by molar-refractivity contribution is -0.156. The van der Waals surface area contributed by atoms with Gasteiger partial charge in [0.05, 0.1) is 13.7 Å². The third kappa shape index (κ3) is 4.24. The maximum absolute atomic E-state index is 11.9. The minimum absolute atomic E-state index is 0.0865. The number of hydrogen-bond acceptors (Lipinski definition) is 5. The lowest BCUT2D eigenvalue weighted by atomic mass is 10.2. The fourth-order valence-corrected chi connectivity index (χ4v) is 1.50. The van der Waals surface area contributed by atoms with Crippen molar-refractivity contribution in [3.05, 3.63) is 34.9 Å². The second-order valence-electron chi connectivity index (χ2n) is 3.69. The van der Waals surface area contributed by atoms with Crippen LogP contribution in [0.5, 0.6) is 0 Å².